The van der Waals surface area contributed by atoms with Gasteiger partial charge in [-0.1, -0.05) is 20.3 Å². The Hall–Kier alpha value is 0.270. The number of rotatable bonds is 6. The molecule has 0 spiro atoms. The molecule has 90 valence electrons. The lowest BCUT2D eigenvalue weighted by molar-refractivity contribution is 0.295. The van der Waals surface area contributed by atoms with Crippen LogP contribution < -0.4 is 5.32 Å². The van der Waals surface area contributed by atoms with E-state index in [9.17, 15) is 0 Å². The third-order valence-corrected chi connectivity index (χ3v) is 4.73. The first-order valence-corrected chi connectivity index (χ1v) is 7.32. The molecular weight excluding hydrogens is 206 g/mol. The summed E-state index contributed by atoms with van der Waals surface area (Å²) in [7, 11) is 0. The van der Waals surface area contributed by atoms with Crippen molar-refractivity contribution < 1.29 is 5.11 Å². The summed E-state index contributed by atoms with van der Waals surface area (Å²) in [5.74, 6) is 1.80. The van der Waals surface area contributed by atoms with Crippen molar-refractivity contribution in [1.82, 2.24) is 5.32 Å². The van der Waals surface area contributed by atoms with Gasteiger partial charge in [0, 0.05) is 17.0 Å². The van der Waals surface area contributed by atoms with Gasteiger partial charge in [0.15, 0.2) is 0 Å². The van der Waals surface area contributed by atoms with E-state index in [1.165, 1.54) is 25.7 Å². The molecule has 0 aliphatic heterocycles. The van der Waals surface area contributed by atoms with Crippen LogP contribution in [0, 0.1) is 5.92 Å². The predicted octanol–water partition coefficient (Wildman–Crippen LogP) is 2.27. The lowest BCUT2D eigenvalue weighted by atomic mass is 9.84. The minimum atomic E-state index is 0.316. The number of aliphatic hydroxyl groups excluding tert-OH is 1. The van der Waals surface area contributed by atoms with Gasteiger partial charge in [-0.05, 0) is 31.7 Å². The Morgan fingerprint density at radius 2 is 2.13 bits per heavy atom. The molecule has 1 rings (SSSR count). The predicted molar refractivity (Wildman–Crippen MR) is 68.4 cm³/mol. The molecule has 15 heavy (non-hydrogen) atoms. The second kappa shape index (κ2) is 7.53. The lowest BCUT2D eigenvalue weighted by Crippen LogP contribution is -2.42. The van der Waals surface area contributed by atoms with Gasteiger partial charge in [0.1, 0.15) is 0 Å². The summed E-state index contributed by atoms with van der Waals surface area (Å²) in [5, 5.41) is 13.2. The van der Waals surface area contributed by atoms with E-state index in [2.05, 4.69) is 19.2 Å². The summed E-state index contributed by atoms with van der Waals surface area (Å²) >= 11 is 1.95. The molecule has 0 saturated heterocycles. The van der Waals surface area contributed by atoms with Gasteiger partial charge in [-0.2, -0.15) is 11.8 Å². The van der Waals surface area contributed by atoms with E-state index < -0.39 is 0 Å². The van der Waals surface area contributed by atoms with E-state index in [1.54, 1.807) is 0 Å². The van der Waals surface area contributed by atoms with Crippen LogP contribution in [-0.2, 0) is 0 Å². The van der Waals surface area contributed by atoms with Gasteiger partial charge in [-0.25, -0.2) is 0 Å². The quantitative estimate of drug-likeness (QED) is 0.735. The van der Waals surface area contributed by atoms with Crippen LogP contribution in [0.25, 0.3) is 0 Å². The fourth-order valence-electron chi connectivity index (χ4n) is 2.47. The molecule has 3 atom stereocenters. The van der Waals surface area contributed by atoms with Crippen LogP contribution in [0.4, 0.5) is 0 Å². The largest absolute Gasteiger partial charge is 0.396 e. The van der Waals surface area contributed by atoms with Crippen molar-refractivity contribution >= 4 is 11.8 Å². The van der Waals surface area contributed by atoms with Crippen LogP contribution in [0.2, 0.25) is 0 Å². The SMILES string of the molecule is CCNC1CCC(CC)CC1SCCO. The summed E-state index contributed by atoms with van der Waals surface area (Å²) in [6.07, 6.45) is 5.34. The summed E-state index contributed by atoms with van der Waals surface area (Å²) in [6.45, 7) is 5.86. The van der Waals surface area contributed by atoms with Crippen molar-refractivity contribution in [3.63, 3.8) is 0 Å². The highest BCUT2D eigenvalue weighted by molar-refractivity contribution is 7.99. The molecule has 0 radical (unpaired) electrons. The zero-order valence-electron chi connectivity index (χ0n) is 10.0. The monoisotopic (exact) mass is 231 g/mol. The number of hydrogen-bond acceptors (Lipinski definition) is 3. The van der Waals surface area contributed by atoms with Gasteiger partial charge in [0.2, 0.25) is 0 Å². The molecule has 0 bridgehead atoms. The average Bonchev–Trinajstić information content (AvgIpc) is 2.28. The Bertz CT molecular complexity index is 166. The number of hydrogen-bond donors (Lipinski definition) is 2. The second-order valence-electron chi connectivity index (χ2n) is 4.38. The van der Waals surface area contributed by atoms with Crippen molar-refractivity contribution in [3.8, 4) is 0 Å². The molecule has 0 aromatic rings. The molecule has 1 saturated carbocycles. The lowest BCUT2D eigenvalue weighted by Gasteiger charge is -2.36. The number of thioether (sulfide) groups is 1. The van der Waals surface area contributed by atoms with Crippen LogP contribution in [0.1, 0.15) is 39.5 Å². The third kappa shape index (κ3) is 4.33. The molecule has 1 fully saturated rings. The maximum atomic E-state index is 8.89. The fourth-order valence-corrected chi connectivity index (χ4v) is 3.75. The smallest absolute Gasteiger partial charge is 0.0521 e. The van der Waals surface area contributed by atoms with Gasteiger partial charge in [0.05, 0.1) is 6.61 Å². The maximum absolute atomic E-state index is 8.89. The van der Waals surface area contributed by atoms with E-state index in [1.807, 2.05) is 11.8 Å². The first-order chi connectivity index (χ1) is 7.31. The Balaban J connectivity index is 2.40. The molecule has 3 unspecified atom stereocenters. The van der Waals surface area contributed by atoms with Gasteiger partial charge in [-0.3, -0.25) is 0 Å². The Kier molecular flexibility index (Phi) is 6.69. The fraction of sp³-hybridized carbons (Fsp3) is 1.00. The molecule has 1 aliphatic carbocycles. The van der Waals surface area contributed by atoms with Gasteiger partial charge in [-0.15, -0.1) is 0 Å². The zero-order chi connectivity index (χ0) is 11.1. The van der Waals surface area contributed by atoms with E-state index >= 15 is 0 Å². The van der Waals surface area contributed by atoms with E-state index in [4.69, 9.17) is 5.11 Å². The average molecular weight is 231 g/mol. The van der Waals surface area contributed by atoms with Crippen LogP contribution in [0.15, 0.2) is 0 Å². The van der Waals surface area contributed by atoms with Crippen LogP contribution in [0.3, 0.4) is 0 Å². The van der Waals surface area contributed by atoms with Crippen LogP contribution >= 0.6 is 11.8 Å². The van der Waals surface area contributed by atoms with Crippen molar-refractivity contribution in [1.29, 1.82) is 0 Å². The first-order valence-electron chi connectivity index (χ1n) is 6.27. The van der Waals surface area contributed by atoms with Gasteiger partial charge < -0.3 is 10.4 Å². The topological polar surface area (TPSA) is 32.3 Å². The minimum absolute atomic E-state index is 0.316. The van der Waals surface area contributed by atoms with Crippen LogP contribution in [-0.4, -0.2) is 35.3 Å². The zero-order valence-corrected chi connectivity index (χ0v) is 10.9. The maximum Gasteiger partial charge on any atom is 0.0521 e. The molecule has 0 aromatic carbocycles. The molecule has 2 N–H and O–H groups in total. The molecule has 1 aliphatic rings. The summed E-state index contributed by atoms with van der Waals surface area (Å²) in [6, 6.07) is 0.675. The summed E-state index contributed by atoms with van der Waals surface area (Å²) < 4.78 is 0. The normalized spacial score (nSPS) is 31.8. The highest BCUT2D eigenvalue weighted by Gasteiger charge is 2.29. The molecular formula is C12H25NOS. The van der Waals surface area contributed by atoms with E-state index in [0.717, 1.165) is 23.5 Å². The van der Waals surface area contributed by atoms with Crippen LogP contribution in [0.5, 0.6) is 0 Å². The van der Waals surface area contributed by atoms with E-state index in [-0.39, 0.29) is 0 Å². The second-order valence-corrected chi connectivity index (χ2v) is 5.73. The Labute approximate surface area is 98.2 Å². The standard InChI is InChI=1S/C12H25NOS/c1-3-10-5-6-11(13-4-2)12(9-10)15-8-7-14/h10-14H,3-9H2,1-2H3. The van der Waals surface area contributed by atoms with Crippen molar-refractivity contribution in [2.75, 3.05) is 18.9 Å². The summed E-state index contributed by atoms with van der Waals surface area (Å²) in [5.41, 5.74) is 0. The van der Waals surface area contributed by atoms with Crippen molar-refractivity contribution in [2.24, 2.45) is 5.92 Å². The number of nitrogens with one attached hydrogen (secondary N) is 1. The van der Waals surface area contributed by atoms with Gasteiger partial charge >= 0.3 is 0 Å². The van der Waals surface area contributed by atoms with Gasteiger partial charge in [0.25, 0.3) is 0 Å². The number of aliphatic hydroxyl groups is 1. The Morgan fingerprint density at radius 3 is 2.73 bits per heavy atom. The molecule has 0 heterocycles. The highest BCUT2D eigenvalue weighted by atomic mass is 32.2. The minimum Gasteiger partial charge on any atom is -0.396 e. The Morgan fingerprint density at radius 1 is 1.33 bits per heavy atom. The van der Waals surface area contributed by atoms with Crippen molar-refractivity contribution in [2.45, 2.75) is 50.8 Å². The van der Waals surface area contributed by atoms with Crippen molar-refractivity contribution in [3.05, 3.63) is 0 Å². The molecule has 0 aromatic heterocycles. The third-order valence-electron chi connectivity index (χ3n) is 3.37. The molecule has 0 amide bonds. The van der Waals surface area contributed by atoms with E-state index in [0.29, 0.717) is 12.6 Å². The highest BCUT2D eigenvalue weighted by Crippen LogP contribution is 2.33. The summed E-state index contributed by atoms with van der Waals surface area (Å²) in [4.78, 5) is 0. The first kappa shape index (κ1) is 13.3. The molecule has 2 nitrogen and oxygen atoms in total. The molecule has 3 heteroatoms.